The van der Waals surface area contributed by atoms with E-state index in [-0.39, 0.29) is 23.8 Å². The molecule has 196 valence electrons. The van der Waals surface area contributed by atoms with Crippen molar-refractivity contribution in [2.24, 2.45) is 0 Å². The number of likely N-dealkylation sites (tertiary alicyclic amines) is 1. The van der Waals surface area contributed by atoms with Gasteiger partial charge in [-0.3, -0.25) is 9.13 Å². The van der Waals surface area contributed by atoms with E-state index < -0.39 is 5.60 Å². The molecule has 9 nitrogen and oxygen atoms in total. The fraction of sp³-hybridized carbons (Fsp3) is 0.310. The van der Waals surface area contributed by atoms with Crippen LogP contribution in [-0.2, 0) is 9.47 Å². The van der Waals surface area contributed by atoms with Crippen molar-refractivity contribution in [1.82, 2.24) is 19.0 Å². The lowest BCUT2D eigenvalue weighted by Gasteiger charge is -2.24. The second kappa shape index (κ2) is 9.81. The Morgan fingerprint density at radius 1 is 0.974 bits per heavy atom. The molecule has 0 saturated carbocycles. The zero-order chi connectivity index (χ0) is 27.0. The molecule has 0 bridgehead atoms. The summed E-state index contributed by atoms with van der Waals surface area (Å²) < 4.78 is 13.6. The van der Waals surface area contributed by atoms with E-state index in [1.807, 2.05) is 69.3 Å². The number of carbonyl (C=O) groups excluding carboxylic acids is 2. The van der Waals surface area contributed by atoms with Crippen LogP contribution in [0.2, 0.25) is 0 Å². The zero-order valence-corrected chi connectivity index (χ0v) is 21.9. The number of imidazole rings is 1. The van der Waals surface area contributed by atoms with E-state index in [0.717, 1.165) is 11.1 Å². The van der Waals surface area contributed by atoms with Crippen LogP contribution in [0, 0.1) is 0 Å². The molecular weight excluding hydrogens is 484 g/mol. The van der Waals surface area contributed by atoms with Gasteiger partial charge in [0.1, 0.15) is 5.60 Å². The van der Waals surface area contributed by atoms with Crippen LogP contribution >= 0.6 is 0 Å². The van der Waals surface area contributed by atoms with E-state index in [0.29, 0.717) is 41.9 Å². The first-order valence-corrected chi connectivity index (χ1v) is 12.5. The molecule has 0 N–H and O–H groups in total. The Balaban J connectivity index is 1.45. The number of aromatic nitrogens is 3. The average molecular weight is 515 g/mol. The Hall–Kier alpha value is -4.40. The largest absolute Gasteiger partial charge is 0.465 e. The van der Waals surface area contributed by atoms with Crippen molar-refractivity contribution in [3.63, 3.8) is 0 Å². The molecule has 0 aliphatic carbocycles. The molecule has 2 aromatic heterocycles. The highest BCUT2D eigenvalue weighted by molar-refractivity contribution is 5.90. The molecule has 3 heterocycles. The average Bonchev–Trinajstić information content (AvgIpc) is 3.49. The first-order valence-electron chi connectivity index (χ1n) is 12.5. The molecule has 4 aromatic rings. The third-order valence-corrected chi connectivity index (χ3v) is 6.58. The monoisotopic (exact) mass is 514 g/mol. The number of hydrogen-bond donors (Lipinski definition) is 0. The Morgan fingerprint density at radius 2 is 1.63 bits per heavy atom. The number of benzene rings is 2. The van der Waals surface area contributed by atoms with Crippen molar-refractivity contribution in [3.8, 4) is 16.8 Å². The Morgan fingerprint density at radius 3 is 2.26 bits per heavy atom. The Kier molecular flexibility index (Phi) is 6.52. The number of hydrogen-bond acceptors (Lipinski definition) is 6. The fourth-order valence-corrected chi connectivity index (χ4v) is 4.79. The van der Waals surface area contributed by atoms with E-state index in [9.17, 15) is 14.4 Å². The molecular formula is C29H30N4O5. The minimum atomic E-state index is -0.584. The quantitative estimate of drug-likeness (QED) is 0.362. The summed E-state index contributed by atoms with van der Waals surface area (Å²) in [6.45, 7) is 6.40. The summed E-state index contributed by atoms with van der Waals surface area (Å²) >= 11 is 0. The molecule has 9 heteroatoms. The molecule has 38 heavy (non-hydrogen) atoms. The van der Waals surface area contributed by atoms with Crippen molar-refractivity contribution in [2.45, 2.75) is 38.8 Å². The second-order valence-electron chi connectivity index (χ2n) is 10.3. The van der Waals surface area contributed by atoms with Crippen molar-refractivity contribution < 1.29 is 19.1 Å². The summed E-state index contributed by atoms with van der Waals surface area (Å²) in [5.41, 5.74) is 3.57. The van der Waals surface area contributed by atoms with Crippen LogP contribution in [0.15, 0.2) is 71.7 Å². The molecule has 1 amide bonds. The maximum Gasteiger partial charge on any atom is 0.410 e. The maximum atomic E-state index is 13.8. The first kappa shape index (κ1) is 25.3. The van der Waals surface area contributed by atoms with Gasteiger partial charge in [-0.15, -0.1) is 0 Å². The van der Waals surface area contributed by atoms with Crippen molar-refractivity contribution in [2.75, 3.05) is 20.2 Å². The van der Waals surface area contributed by atoms with Crippen LogP contribution < -0.4 is 5.69 Å². The summed E-state index contributed by atoms with van der Waals surface area (Å²) in [5, 5.41) is 0. The van der Waals surface area contributed by atoms with Gasteiger partial charge in [-0.1, -0.05) is 24.3 Å². The third kappa shape index (κ3) is 4.79. The van der Waals surface area contributed by atoms with E-state index in [2.05, 4.69) is 4.98 Å². The number of fused-ring (bicyclic) bond motifs is 1. The number of ether oxygens (including phenoxy) is 2. The van der Waals surface area contributed by atoms with Gasteiger partial charge in [0.25, 0.3) is 0 Å². The molecule has 1 saturated heterocycles. The minimum Gasteiger partial charge on any atom is -0.465 e. The minimum absolute atomic E-state index is 0.204. The summed E-state index contributed by atoms with van der Waals surface area (Å²) in [6, 6.07) is 18.3. The van der Waals surface area contributed by atoms with E-state index >= 15 is 0 Å². The molecule has 0 unspecified atom stereocenters. The highest BCUT2D eigenvalue weighted by Crippen LogP contribution is 2.28. The number of pyridine rings is 1. The summed E-state index contributed by atoms with van der Waals surface area (Å²) in [4.78, 5) is 44.3. The molecule has 2 aromatic carbocycles. The van der Waals surface area contributed by atoms with Crippen LogP contribution in [0.3, 0.4) is 0 Å². The van der Waals surface area contributed by atoms with Gasteiger partial charge >= 0.3 is 17.8 Å². The van der Waals surface area contributed by atoms with Crippen molar-refractivity contribution >= 4 is 23.2 Å². The highest BCUT2D eigenvalue weighted by atomic mass is 16.6. The van der Waals surface area contributed by atoms with Crippen LogP contribution in [0.5, 0.6) is 0 Å². The molecule has 1 aliphatic heterocycles. The van der Waals surface area contributed by atoms with E-state index in [1.54, 1.807) is 32.4 Å². The Bertz CT molecular complexity index is 1550. The lowest BCUT2D eigenvalue weighted by Crippen LogP contribution is -2.36. The number of carbonyl (C=O) groups is 2. The van der Waals surface area contributed by atoms with Gasteiger partial charge in [0.05, 0.1) is 29.9 Å². The molecule has 0 spiro atoms. The molecule has 1 aliphatic rings. The fourth-order valence-electron chi connectivity index (χ4n) is 4.79. The van der Waals surface area contributed by atoms with Gasteiger partial charge in [0.2, 0.25) is 0 Å². The smallest absolute Gasteiger partial charge is 0.410 e. The number of methoxy groups -OCH3 is 1. The van der Waals surface area contributed by atoms with Crippen LogP contribution in [0.1, 0.15) is 43.6 Å². The normalized spacial score (nSPS) is 15.6. The number of amides is 1. The zero-order valence-electron chi connectivity index (χ0n) is 21.9. The number of rotatable bonds is 4. The molecule has 1 fully saturated rings. The van der Waals surface area contributed by atoms with Gasteiger partial charge in [-0.05, 0) is 74.7 Å². The standard InChI is InChI=1S/C29H30N4O5/c1-29(2,3)38-28(36)31-17-15-23(18-31)33-25-24(6-5-16-30-25)32(27(33)35)22-13-11-20(12-14-22)19-7-9-21(10-8-19)26(34)37-4/h5-14,16,23H,15,17-18H2,1-4H3/t23-/m0/s1. The molecule has 0 radical (unpaired) electrons. The van der Waals surface area contributed by atoms with Crippen LogP contribution in [-0.4, -0.2) is 56.9 Å². The summed E-state index contributed by atoms with van der Waals surface area (Å²) in [5.74, 6) is -0.382. The third-order valence-electron chi connectivity index (χ3n) is 6.58. The maximum absolute atomic E-state index is 13.8. The lowest BCUT2D eigenvalue weighted by atomic mass is 10.0. The lowest BCUT2D eigenvalue weighted by molar-refractivity contribution is 0.0288. The van der Waals surface area contributed by atoms with Gasteiger partial charge < -0.3 is 14.4 Å². The van der Waals surface area contributed by atoms with Crippen molar-refractivity contribution in [3.05, 3.63) is 82.9 Å². The van der Waals surface area contributed by atoms with Gasteiger partial charge in [-0.25, -0.2) is 19.4 Å². The highest BCUT2D eigenvalue weighted by Gasteiger charge is 2.33. The predicted octanol–water partition coefficient (Wildman–Crippen LogP) is 4.82. The summed E-state index contributed by atoms with van der Waals surface area (Å²) in [7, 11) is 1.35. The van der Waals surface area contributed by atoms with E-state index in [1.165, 1.54) is 7.11 Å². The summed E-state index contributed by atoms with van der Waals surface area (Å²) in [6.07, 6.45) is 1.93. The van der Waals surface area contributed by atoms with Gasteiger partial charge in [-0.2, -0.15) is 0 Å². The Labute approximate surface area is 220 Å². The van der Waals surface area contributed by atoms with E-state index in [4.69, 9.17) is 9.47 Å². The SMILES string of the molecule is COC(=O)c1ccc(-c2ccc(-n3c(=O)n([C@H]4CCN(C(=O)OC(C)(C)C)C4)c4ncccc43)cc2)cc1. The first-order chi connectivity index (χ1) is 18.2. The van der Waals surface area contributed by atoms with Gasteiger partial charge in [0, 0.05) is 19.3 Å². The van der Waals surface area contributed by atoms with Crippen LogP contribution in [0.25, 0.3) is 28.0 Å². The van der Waals surface area contributed by atoms with Crippen LogP contribution in [0.4, 0.5) is 4.79 Å². The molecule has 5 rings (SSSR count). The predicted molar refractivity (Wildman–Crippen MR) is 144 cm³/mol. The van der Waals surface area contributed by atoms with Crippen molar-refractivity contribution in [1.29, 1.82) is 0 Å². The van der Waals surface area contributed by atoms with Gasteiger partial charge in [0.15, 0.2) is 5.65 Å². The topological polar surface area (TPSA) is 95.7 Å². The number of esters is 1. The second-order valence-corrected chi connectivity index (χ2v) is 10.3. The molecule has 1 atom stereocenters. The number of nitrogens with zero attached hydrogens (tertiary/aromatic N) is 4.